The average molecular weight is 690 g/mol. The molecular formula is C24H22BrClF4N2O2S4. The van der Waals surface area contributed by atoms with Crippen LogP contribution in [0.3, 0.4) is 0 Å². The summed E-state index contributed by atoms with van der Waals surface area (Å²) in [6.07, 6.45) is 3.36. The number of rotatable bonds is 8. The standard InChI is InChI=1S/C12H10ClF2NOS2.C9H9BrF2O.C3H3NS2/c1-2-17-10-4-8(14)7(3-9(10)15)6-18-12-16-5-11(13)19-12;1-2-13-9-4-7(11)6(5-10)3-8(9)12;5-3-4-1-2-6-3/h3-5H,2,6H2,1H3;3-4H,2,5H2,1H3;1-2H,(H,4,5). The Labute approximate surface area is 248 Å². The number of alkyl halides is 1. The summed E-state index contributed by atoms with van der Waals surface area (Å²) in [5, 5.41) is 2.21. The molecule has 38 heavy (non-hydrogen) atoms. The van der Waals surface area contributed by atoms with E-state index in [1.807, 2.05) is 11.6 Å². The smallest absolute Gasteiger partial charge is 0.165 e. The molecule has 4 rings (SSSR count). The van der Waals surface area contributed by atoms with E-state index in [0.717, 1.165) is 32.6 Å². The van der Waals surface area contributed by atoms with E-state index in [2.05, 4.69) is 25.9 Å². The van der Waals surface area contributed by atoms with Gasteiger partial charge < -0.3 is 14.5 Å². The largest absolute Gasteiger partial charge is 0.491 e. The number of H-pyrrole nitrogens is 1. The third-order valence-electron chi connectivity index (χ3n) is 4.20. The van der Waals surface area contributed by atoms with Gasteiger partial charge in [0.25, 0.3) is 0 Å². The molecule has 206 valence electrons. The molecule has 0 amide bonds. The zero-order chi connectivity index (χ0) is 28.1. The van der Waals surface area contributed by atoms with Crippen LogP contribution in [0, 0.1) is 27.2 Å². The molecule has 2 aromatic carbocycles. The van der Waals surface area contributed by atoms with Crippen molar-refractivity contribution >= 4 is 74.2 Å². The van der Waals surface area contributed by atoms with E-state index < -0.39 is 23.3 Å². The number of aromatic amines is 1. The molecule has 4 nitrogen and oxygen atoms in total. The molecule has 4 aromatic rings. The second-order valence-electron chi connectivity index (χ2n) is 6.82. The Hall–Kier alpha value is -1.64. The minimum atomic E-state index is -0.559. The van der Waals surface area contributed by atoms with Crippen molar-refractivity contribution in [2.75, 3.05) is 13.2 Å². The van der Waals surface area contributed by atoms with E-state index >= 15 is 0 Å². The molecule has 0 spiro atoms. The maximum Gasteiger partial charge on any atom is 0.165 e. The quantitative estimate of drug-likeness (QED) is 0.0864. The summed E-state index contributed by atoms with van der Waals surface area (Å²) in [6, 6.07) is 4.43. The molecule has 0 unspecified atom stereocenters. The van der Waals surface area contributed by atoms with E-state index in [1.165, 1.54) is 40.6 Å². The highest BCUT2D eigenvalue weighted by Crippen LogP contribution is 2.32. The second-order valence-corrected chi connectivity index (χ2v) is 11.8. The summed E-state index contributed by atoms with van der Waals surface area (Å²) in [5.74, 6) is -1.84. The van der Waals surface area contributed by atoms with Gasteiger partial charge in [-0.1, -0.05) is 50.6 Å². The zero-order valence-corrected chi connectivity index (χ0v) is 25.6. The number of benzene rings is 2. The van der Waals surface area contributed by atoms with Crippen molar-refractivity contribution in [2.45, 2.75) is 29.3 Å². The number of halogens is 6. The molecule has 0 atom stereocenters. The molecule has 0 aliphatic carbocycles. The molecule has 0 saturated carbocycles. The number of nitrogens with one attached hydrogen (secondary N) is 1. The lowest BCUT2D eigenvalue weighted by molar-refractivity contribution is 0.319. The molecule has 0 radical (unpaired) electrons. The summed E-state index contributed by atoms with van der Waals surface area (Å²) in [6.45, 7) is 4.05. The van der Waals surface area contributed by atoms with Crippen LogP contribution in [0.5, 0.6) is 11.5 Å². The lowest BCUT2D eigenvalue weighted by Gasteiger charge is -2.07. The Kier molecular flexibility index (Phi) is 14.7. The first-order chi connectivity index (χ1) is 18.2. The Morgan fingerprint density at radius 2 is 1.55 bits per heavy atom. The minimum absolute atomic E-state index is 0.0373. The summed E-state index contributed by atoms with van der Waals surface area (Å²) < 4.78 is 65.5. The van der Waals surface area contributed by atoms with Crippen LogP contribution >= 0.6 is 74.2 Å². The number of hydrogen-bond acceptors (Lipinski definition) is 7. The van der Waals surface area contributed by atoms with Crippen LogP contribution in [0.1, 0.15) is 25.0 Å². The van der Waals surface area contributed by atoms with Gasteiger partial charge in [0.1, 0.15) is 16.0 Å². The summed E-state index contributed by atoms with van der Waals surface area (Å²) in [4.78, 5) is 6.87. The van der Waals surface area contributed by atoms with Gasteiger partial charge in [0.15, 0.2) is 31.4 Å². The van der Waals surface area contributed by atoms with Crippen LogP contribution < -0.4 is 9.47 Å². The third kappa shape index (κ3) is 10.9. The summed E-state index contributed by atoms with van der Waals surface area (Å²) >= 11 is 17.7. The van der Waals surface area contributed by atoms with Crippen LogP contribution in [-0.2, 0) is 11.1 Å². The van der Waals surface area contributed by atoms with Crippen LogP contribution in [0.25, 0.3) is 0 Å². The fraction of sp³-hybridized carbons (Fsp3) is 0.250. The van der Waals surface area contributed by atoms with E-state index in [1.54, 1.807) is 13.8 Å². The Balaban J connectivity index is 0.000000229. The van der Waals surface area contributed by atoms with Crippen molar-refractivity contribution in [3.8, 4) is 11.5 Å². The summed E-state index contributed by atoms with van der Waals surface area (Å²) in [5.41, 5.74) is 0.568. The highest BCUT2D eigenvalue weighted by molar-refractivity contribution is 9.08. The number of thiazole rings is 2. The first kappa shape index (κ1) is 32.6. The van der Waals surface area contributed by atoms with E-state index in [4.69, 9.17) is 33.3 Å². The average Bonchev–Trinajstić information content (AvgIpc) is 3.54. The van der Waals surface area contributed by atoms with Crippen molar-refractivity contribution in [2.24, 2.45) is 0 Å². The van der Waals surface area contributed by atoms with Crippen LogP contribution in [0.2, 0.25) is 4.34 Å². The van der Waals surface area contributed by atoms with Gasteiger partial charge in [0, 0.05) is 45.9 Å². The number of aromatic nitrogens is 2. The van der Waals surface area contributed by atoms with E-state index in [9.17, 15) is 17.6 Å². The maximum absolute atomic E-state index is 13.8. The second kappa shape index (κ2) is 17.1. The van der Waals surface area contributed by atoms with Crippen molar-refractivity contribution in [3.05, 3.63) is 84.7 Å². The Morgan fingerprint density at radius 3 is 1.97 bits per heavy atom. The van der Waals surface area contributed by atoms with Gasteiger partial charge in [-0.05, 0) is 38.2 Å². The van der Waals surface area contributed by atoms with Crippen LogP contribution in [0.4, 0.5) is 17.6 Å². The van der Waals surface area contributed by atoms with Gasteiger partial charge in [-0.25, -0.2) is 22.5 Å². The van der Waals surface area contributed by atoms with E-state index in [0.29, 0.717) is 34.2 Å². The number of ether oxygens (including phenoxy) is 2. The van der Waals surface area contributed by atoms with Crippen molar-refractivity contribution in [1.82, 2.24) is 9.97 Å². The first-order valence-corrected chi connectivity index (χ1v) is 15.4. The van der Waals surface area contributed by atoms with Gasteiger partial charge in [-0.15, -0.1) is 11.3 Å². The highest BCUT2D eigenvalue weighted by Gasteiger charge is 2.12. The third-order valence-corrected chi connectivity index (χ3v) is 8.13. The molecule has 0 bridgehead atoms. The van der Waals surface area contributed by atoms with Gasteiger partial charge >= 0.3 is 0 Å². The van der Waals surface area contributed by atoms with Gasteiger partial charge in [-0.3, -0.25) is 0 Å². The zero-order valence-electron chi connectivity index (χ0n) is 20.0. The van der Waals surface area contributed by atoms with Gasteiger partial charge in [-0.2, -0.15) is 0 Å². The molecule has 0 saturated heterocycles. The van der Waals surface area contributed by atoms with E-state index in [-0.39, 0.29) is 17.1 Å². The van der Waals surface area contributed by atoms with Gasteiger partial charge in [0.05, 0.1) is 19.4 Å². The lowest BCUT2D eigenvalue weighted by atomic mass is 10.2. The molecule has 14 heteroatoms. The van der Waals surface area contributed by atoms with Crippen LogP contribution in [0.15, 0.2) is 46.4 Å². The Bertz CT molecular complexity index is 1340. The maximum atomic E-state index is 13.8. The molecule has 0 fully saturated rings. The van der Waals surface area contributed by atoms with Crippen LogP contribution in [-0.4, -0.2) is 23.2 Å². The number of hydrogen-bond donors (Lipinski definition) is 1. The first-order valence-electron chi connectivity index (χ1n) is 10.8. The fourth-order valence-corrected chi connectivity index (χ4v) is 5.71. The lowest BCUT2D eigenvalue weighted by Crippen LogP contribution is -1.98. The molecule has 0 aliphatic heterocycles. The Morgan fingerprint density at radius 1 is 0.974 bits per heavy atom. The molecule has 1 N–H and O–H groups in total. The normalized spacial score (nSPS) is 10.2. The van der Waals surface area contributed by atoms with Crippen molar-refractivity contribution in [1.29, 1.82) is 0 Å². The molecular weight excluding hydrogens is 668 g/mol. The van der Waals surface area contributed by atoms with Crippen molar-refractivity contribution in [3.63, 3.8) is 0 Å². The molecule has 2 aromatic heterocycles. The molecule has 0 aliphatic rings. The number of nitrogens with zero attached hydrogens (tertiary/aromatic N) is 1. The van der Waals surface area contributed by atoms with Gasteiger partial charge in [0.2, 0.25) is 0 Å². The topological polar surface area (TPSA) is 47.1 Å². The summed E-state index contributed by atoms with van der Waals surface area (Å²) in [7, 11) is 0. The SMILES string of the molecule is CCOc1cc(F)c(CBr)cc1F.CCOc1cc(F)c(CSc2ncc(Cl)s2)cc1F.S=c1[nH]ccs1. The predicted molar refractivity (Wildman–Crippen MR) is 154 cm³/mol. The molecule has 2 heterocycles. The number of thioether (sulfide) groups is 1. The predicted octanol–water partition coefficient (Wildman–Crippen LogP) is 9.83. The fourth-order valence-electron chi connectivity index (χ4n) is 2.56. The highest BCUT2D eigenvalue weighted by atomic mass is 79.9. The monoisotopic (exact) mass is 688 g/mol. The van der Waals surface area contributed by atoms with Crippen molar-refractivity contribution < 1.29 is 27.0 Å². The minimum Gasteiger partial charge on any atom is -0.491 e.